The van der Waals surface area contributed by atoms with Crippen molar-refractivity contribution in [2.75, 3.05) is 72.2 Å². The Morgan fingerprint density at radius 3 is 2.35 bits per heavy atom. The second-order valence-corrected chi connectivity index (χ2v) is 7.49. The molecule has 6 nitrogen and oxygen atoms in total. The molecule has 0 amide bonds. The number of piperazine rings is 1. The Kier molecular flexibility index (Phi) is 7.98. The lowest BCUT2D eigenvalue weighted by molar-refractivity contribution is 0.155. The van der Waals surface area contributed by atoms with Crippen LogP contribution in [0.25, 0.3) is 0 Å². The van der Waals surface area contributed by atoms with Crippen molar-refractivity contribution in [3.8, 4) is 0 Å². The summed E-state index contributed by atoms with van der Waals surface area (Å²) < 4.78 is 24.3. The van der Waals surface area contributed by atoms with E-state index in [1.54, 1.807) is 0 Å². The molecule has 0 aromatic heterocycles. The fourth-order valence-corrected chi connectivity index (χ4v) is 3.30. The summed E-state index contributed by atoms with van der Waals surface area (Å²) in [5, 5.41) is 3.40. The zero-order chi connectivity index (χ0) is 15.0. The predicted molar refractivity (Wildman–Crippen MR) is 83.5 cm³/mol. The van der Waals surface area contributed by atoms with Crippen LogP contribution in [-0.2, 0) is 10.0 Å². The second kappa shape index (κ2) is 8.94. The molecule has 0 radical (unpaired) electrons. The third kappa shape index (κ3) is 6.99. The first-order valence-electron chi connectivity index (χ1n) is 7.50. The van der Waals surface area contributed by atoms with E-state index in [4.69, 9.17) is 0 Å². The third-order valence-corrected chi connectivity index (χ3v) is 5.16. The van der Waals surface area contributed by atoms with Crippen LogP contribution in [-0.4, -0.2) is 94.7 Å². The molecule has 7 heteroatoms. The van der Waals surface area contributed by atoms with E-state index in [1.807, 2.05) is 6.92 Å². The molecule has 0 unspecified atom stereocenters. The van der Waals surface area contributed by atoms with Crippen molar-refractivity contribution in [1.29, 1.82) is 0 Å². The SMILES string of the molecule is CCN(CCCNCCN1CCN(C)CC1)S(C)(=O)=O. The summed E-state index contributed by atoms with van der Waals surface area (Å²) in [6.07, 6.45) is 2.14. The molecule has 120 valence electrons. The van der Waals surface area contributed by atoms with Gasteiger partial charge in [-0.2, -0.15) is 0 Å². The summed E-state index contributed by atoms with van der Waals surface area (Å²) >= 11 is 0. The van der Waals surface area contributed by atoms with Crippen molar-refractivity contribution >= 4 is 10.0 Å². The molecular weight excluding hydrogens is 276 g/mol. The molecule has 1 fully saturated rings. The van der Waals surface area contributed by atoms with Crippen molar-refractivity contribution in [3.05, 3.63) is 0 Å². The number of likely N-dealkylation sites (N-methyl/N-ethyl adjacent to an activating group) is 1. The zero-order valence-corrected chi connectivity index (χ0v) is 14.0. The van der Waals surface area contributed by atoms with Crippen LogP contribution < -0.4 is 5.32 Å². The molecule has 1 saturated heterocycles. The molecule has 0 bridgehead atoms. The summed E-state index contributed by atoms with van der Waals surface area (Å²) in [4.78, 5) is 4.83. The van der Waals surface area contributed by atoms with E-state index >= 15 is 0 Å². The maximum absolute atomic E-state index is 11.4. The maximum atomic E-state index is 11.4. The number of rotatable bonds is 9. The van der Waals surface area contributed by atoms with E-state index in [9.17, 15) is 8.42 Å². The summed E-state index contributed by atoms with van der Waals surface area (Å²) in [6.45, 7) is 10.6. The van der Waals surface area contributed by atoms with Crippen LogP contribution >= 0.6 is 0 Å². The Bertz CT molecular complexity index is 353. The molecule has 0 saturated carbocycles. The Labute approximate surface area is 124 Å². The van der Waals surface area contributed by atoms with E-state index in [-0.39, 0.29) is 0 Å². The average molecular weight is 306 g/mol. The number of hydrogen-bond acceptors (Lipinski definition) is 5. The van der Waals surface area contributed by atoms with E-state index in [0.717, 1.165) is 52.2 Å². The highest BCUT2D eigenvalue weighted by atomic mass is 32.2. The van der Waals surface area contributed by atoms with Gasteiger partial charge < -0.3 is 10.2 Å². The van der Waals surface area contributed by atoms with Crippen LogP contribution in [0.2, 0.25) is 0 Å². The van der Waals surface area contributed by atoms with Crippen LogP contribution in [0, 0.1) is 0 Å². The normalized spacial score (nSPS) is 18.8. The summed E-state index contributed by atoms with van der Waals surface area (Å²) in [7, 11) is -0.874. The molecule has 1 heterocycles. The van der Waals surface area contributed by atoms with Crippen molar-refractivity contribution in [3.63, 3.8) is 0 Å². The average Bonchev–Trinajstić information content (AvgIpc) is 2.38. The minimum absolute atomic E-state index is 0.556. The first kappa shape index (κ1) is 17.8. The standard InChI is InChI=1S/C13H30N4O2S/c1-4-17(20(3,18)19)8-5-6-14-7-9-16-12-10-15(2)11-13-16/h14H,4-13H2,1-3H3. The van der Waals surface area contributed by atoms with Gasteiger partial charge in [0, 0.05) is 52.4 Å². The summed E-state index contributed by atoms with van der Waals surface area (Å²) in [5.41, 5.74) is 0. The molecule has 1 aliphatic rings. The van der Waals surface area contributed by atoms with E-state index in [0.29, 0.717) is 13.1 Å². The monoisotopic (exact) mass is 306 g/mol. The largest absolute Gasteiger partial charge is 0.315 e. The molecule has 0 aliphatic carbocycles. The lowest BCUT2D eigenvalue weighted by Gasteiger charge is -2.32. The predicted octanol–water partition coefficient (Wildman–Crippen LogP) is -0.505. The fraction of sp³-hybridized carbons (Fsp3) is 1.00. The highest BCUT2D eigenvalue weighted by Crippen LogP contribution is 1.99. The number of nitrogens with one attached hydrogen (secondary N) is 1. The molecule has 0 atom stereocenters. The quantitative estimate of drug-likeness (QED) is 0.582. The smallest absolute Gasteiger partial charge is 0.211 e. The Morgan fingerprint density at radius 2 is 1.80 bits per heavy atom. The molecule has 0 spiro atoms. The van der Waals surface area contributed by atoms with Crippen LogP contribution in [0.5, 0.6) is 0 Å². The van der Waals surface area contributed by atoms with E-state index in [2.05, 4.69) is 22.2 Å². The van der Waals surface area contributed by atoms with Gasteiger partial charge in [-0.15, -0.1) is 0 Å². The first-order valence-corrected chi connectivity index (χ1v) is 9.35. The topological polar surface area (TPSA) is 55.9 Å². The van der Waals surface area contributed by atoms with Gasteiger partial charge in [0.15, 0.2) is 0 Å². The summed E-state index contributed by atoms with van der Waals surface area (Å²) in [6, 6.07) is 0. The lowest BCUT2D eigenvalue weighted by Crippen LogP contribution is -2.46. The Hall–Kier alpha value is -0.210. The van der Waals surface area contributed by atoms with Crippen molar-refractivity contribution in [1.82, 2.24) is 19.4 Å². The van der Waals surface area contributed by atoms with Crippen LogP contribution in [0.15, 0.2) is 0 Å². The highest BCUT2D eigenvalue weighted by Gasteiger charge is 2.14. The van der Waals surface area contributed by atoms with Gasteiger partial charge in [-0.05, 0) is 20.0 Å². The molecular formula is C13H30N4O2S. The lowest BCUT2D eigenvalue weighted by atomic mass is 10.3. The van der Waals surface area contributed by atoms with Gasteiger partial charge in [0.05, 0.1) is 6.26 Å². The molecule has 1 aliphatic heterocycles. The van der Waals surface area contributed by atoms with Gasteiger partial charge in [-0.3, -0.25) is 4.90 Å². The van der Waals surface area contributed by atoms with Crippen molar-refractivity contribution in [2.45, 2.75) is 13.3 Å². The van der Waals surface area contributed by atoms with Crippen LogP contribution in [0.4, 0.5) is 0 Å². The number of hydrogen-bond donors (Lipinski definition) is 1. The van der Waals surface area contributed by atoms with Gasteiger partial charge in [-0.25, -0.2) is 12.7 Å². The van der Waals surface area contributed by atoms with Gasteiger partial charge in [0.25, 0.3) is 0 Å². The molecule has 20 heavy (non-hydrogen) atoms. The minimum Gasteiger partial charge on any atom is -0.315 e. The van der Waals surface area contributed by atoms with Crippen molar-refractivity contribution < 1.29 is 8.42 Å². The van der Waals surface area contributed by atoms with Crippen LogP contribution in [0.3, 0.4) is 0 Å². The van der Waals surface area contributed by atoms with Gasteiger partial charge in [-0.1, -0.05) is 6.92 Å². The van der Waals surface area contributed by atoms with Gasteiger partial charge in [0.1, 0.15) is 0 Å². The maximum Gasteiger partial charge on any atom is 0.211 e. The fourth-order valence-electron chi connectivity index (χ4n) is 2.37. The second-order valence-electron chi connectivity index (χ2n) is 5.50. The summed E-state index contributed by atoms with van der Waals surface area (Å²) in [5.74, 6) is 0. The molecule has 1 N–H and O–H groups in total. The highest BCUT2D eigenvalue weighted by molar-refractivity contribution is 7.88. The van der Waals surface area contributed by atoms with Gasteiger partial charge in [0.2, 0.25) is 10.0 Å². The Morgan fingerprint density at radius 1 is 1.15 bits per heavy atom. The van der Waals surface area contributed by atoms with Crippen LogP contribution in [0.1, 0.15) is 13.3 Å². The minimum atomic E-state index is -3.04. The third-order valence-electron chi connectivity index (χ3n) is 3.78. The molecule has 1 rings (SSSR count). The number of nitrogens with zero attached hydrogens (tertiary/aromatic N) is 3. The molecule has 0 aromatic carbocycles. The van der Waals surface area contributed by atoms with E-state index < -0.39 is 10.0 Å². The number of sulfonamides is 1. The Balaban J connectivity index is 2.02. The molecule has 0 aromatic rings. The van der Waals surface area contributed by atoms with Gasteiger partial charge >= 0.3 is 0 Å². The van der Waals surface area contributed by atoms with Crippen molar-refractivity contribution in [2.24, 2.45) is 0 Å². The first-order chi connectivity index (χ1) is 9.43. The zero-order valence-electron chi connectivity index (χ0n) is 13.1. The van der Waals surface area contributed by atoms with E-state index in [1.165, 1.54) is 10.6 Å².